The van der Waals surface area contributed by atoms with Gasteiger partial charge in [0.15, 0.2) is 0 Å². The van der Waals surface area contributed by atoms with Crippen LogP contribution in [0.2, 0.25) is 0 Å². The summed E-state index contributed by atoms with van der Waals surface area (Å²) in [5, 5.41) is 14.6. The van der Waals surface area contributed by atoms with Gasteiger partial charge in [0, 0.05) is 11.4 Å². The second-order valence-corrected chi connectivity index (χ2v) is 4.91. The average molecular weight is 252 g/mol. The first kappa shape index (κ1) is 12.4. The first-order valence-electron chi connectivity index (χ1n) is 5.67. The van der Waals surface area contributed by atoms with Gasteiger partial charge in [-0.25, -0.2) is 0 Å². The van der Waals surface area contributed by atoms with Crippen LogP contribution in [0.15, 0.2) is 23.1 Å². The molecule has 5 heteroatoms. The molecule has 0 fully saturated rings. The van der Waals surface area contributed by atoms with E-state index in [1.165, 1.54) is 5.56 Å². The molecule has 1 amide bonds. The molecule has 0 spiro atoms. The molecule has 0 aromatic heterocycles. The van der Waals surface area contributed by atoms with Gasteiger partial charge in [-0.05, 0) is 30.7 Å². The minimum atomic E-state index is 0.0676. The quantitative estimate of drug-likeness (QED) is 0.680. The molecule has 17 heavy (non-hydrogen) atoms. The van der Waals surface area contributed by atoms with Crippen molar-refractivity contribution in [3.05, 3.63) is 23.8 Å². The molecular formula is C12H16N2O2S. The summed E-state index contributed by atoms with van der Waals surface area (Å²) in [6.07, 6.45) is 0.897. The molecule has 4 nitrogen and oxygen atoms in total. The molecule has 0 saturated carbocycles. The Kier molecular flexibility index (Phi) is 4.42. The number of carbonyl (C=O) groups is 1. The number of fused-ring (bicyclic) bond motifs is 1. The maximum atomic E-state index is 11.3. The number of nitrogens with one attached hydrogen (secondary N) is 2. The predicted octanol–water partition coefficient (Wildman–Crippen LogP) is 0.855. The minimum absolute atomic E-state index is 0.0676. The van der Waals surface area contributed by atoms with Gasteiger partial charge in [0.2, 0.25) is 5.91 Å². The highest BCUT2D eigenvalue weighted by Crippen LogP contribution is 2.31. The van der Waals surface area contributed by atoms with Crippen molar-refractivity contribution in [1.29, 1.82) is 0 Å². The number of anilines is 1. The van der Waals surface area contributed by atoms with Crippen LogP contribution in [0, 0.1) is 0 Å². The van der Waals surface area contributed by atoms with Gasteiger partial charge in [-0.2, -0.15) is 0 Å². The zero-order chi connectivity index (χ0) is 12.1. The number of hydrogen-bond acceptors (Lipinski definition) is 4. The standard InChI is InChI=1S/C12H16N2O2S/c15-6-5-13-4-3-9-1-2-11-10(7-9)14-12(16)8-17-11/h1-2,7,13,15H,3-6,8H2,(H,14,16). The fourth-order valence-electron chi connectivity index (χ4n) is 1.72. The zero-order valence-electron chi connectivity index (χ0n) is 9.53. The molecule has 0 atom stereocenters. The molecule has 1 heterocycles. The van der Waals surface area contributed by atoms with E-state index < -0.39 is 0 Å². The van der Waals surface area contributed by atoms with E-state index in [1.54, 1.807) is 11.8 Å². The Labute approximate surface area is 105 Å². The lowest BCUT2D eigenvalue weighted by atomic mass is 10.1. The molecule has 1 aliphatic rings. The van der Waals surface area contributed by atoms with Crippen LogP contribution in [0.3, 0.4) is 0 Å². The molecule has 92 valence electrons. The molecule has 0 unspecified atom stereocenters. The lowest BCUT2D eigenvalue weighted by molar-refractivity contribution is -0.113. The molecule has 3 N–H and O–H groups in total. The van der Waals surface area contributed by atoms with E-state index in [0.29, 0.717) is 12.3 Å². The summed E-state index contributed by atoms with van der Waals surface area (Å²) in [5.74, 6) is 0.572. The summed E-state index contributed by atoms with van der Waals surface area (Å²) in [6.45, 7) is 1.62. The number of thioether (sulfide) groups is 1. The second-order valence-electron chi connectivity index (χ2n) is 3.89. The highest BCUT2D eigenvalue weighted by molar-refractivity contribution is 8.00. The van der Waals surface area contributed by atoms with Crippen molar-refractivity contribution in [3.8, 4) is 0 Å². The van der Waals surface area contributed by atoms with Crippen molar-refractivity contribution in [1.82, 2.24) is 5.32 Å². The van der Waals surface area contributed by atoms with E-state index in [1.807, 2.05) is 6.07 Å². The van der Waals surface area contributed by atoms with Crippen molar-refractivity contribution in [2.24, 2.45) is 0 Å². The number of amides is 1. The van der Waals surface area contributed by atoms with Crippen LogP contribution in [-0.2, 0) is 11.2 Å². The first-order chi connectivity index (χ1) is 8.29. The summed E-state index contributed by atoms with van der Waals surface area (Å²) < 4.78 is 0. The highest BCUT2D eigenvalue weighted by atomic mass is 32.2. The summed E-state index contributed by atoms with van der Waals surface area (Å²) in [4.78, 5) is 12.4. The van der Waals surface area contributed by atoms with Gasteiger partial charge >= 0.3 is 0 Å². The van der Waals surface area contributed by atoms with Crippen LogP contribution in [0.25, 0.3) is 0 Å². The van der Waals surface area contributed by atoms with Gasteiger partial charge in [0.05, 0.1) is 18.0 Å². The third-order valence-corrected chi connectivity index (χ3v) is 3.63. The zero-order valence-corrected chi connectivity index (χ0v) is 10.3. The highest BCUT2D eigenvalue weighted by Gasteiger charge is 2.14. The number of benzene rings is 1. The number of rotatable bonds is 5. The van der Waals surface area contributed by atoms with Crippen molar-refractivity contribution in [2.75, 3.05) is 30.8 Å². The molecule has 1 aliphatic heterocycles. The Morgan fingerprint density at radius 3 is 3.12 bits per heavy atom. The van der Waals surface area contributed by atoms with E-state index in [2.05, 4.69) is 22.8 Å². The third-order valence-electron chi connectivity index (χ3n) is 2.56. The third kappa shape index (κ3) is 3.46. The smallest absolute Gasteiger partial charge is 0.234 e. The Bertz CT molecular complexity index is 409. The van der Waals surface area contributed by atoms with Gasteiger partial charge in [-0.1, -0.05) is 6.07 Å². The summed E-state index contributed by atoms with van der Waals surface area (Å²) in [6, 6.07) is 6.17. The Morgan fingerprint density at radius 2 is 2.29 bits per heavy atom. The van der Waals surface area contributed by atoms with Crippen LogP contribution >= 0.6 is 11.8 Å². The van der Waals surface area contributed by atoms with Crippen LogP contribution in [0.5, 0.6) is 0 Å². The molecule has 0 aliphatic carbocycles. The molecule has 2 rings (SSSR count). The first-order valence-corrected chi connectivity index (χ1v) is 6.65. The SMILES string of the molecule is O=C1CSc2ccc(CCNCCO)cc2N1. The molecule has 0 bridgehead atoms. The largest absolute Gasteiger partial charge is 0.395 e. The molecule has 0 radical (unpaired) electrons. The number of aliphatic hydroxyl groups is 1. The van der Waals surface area contributed by atoms with Gasteiger partial charge in [0.1, 0.15) is 0 Å². The molecule has 1 aromatic rings. The van der Waals surface area contributed by atoms with E-state index in [0.717, 1.165) is 23.5 Å². The number of carbonyl (C=O) groups excluding carboxylic acids is 1. The summed E-state index contributed by atoms with van der Waals surface area (Å²) >= 11 is 1.58. The van der Waals surface area contributed by atoms with Crippen LogP contribution in [0.4, 0.5) is 5.69 Å². The average Bonchev–Trinajstić information content (AvgIpc) is 2.34. The molecule has 1 aromatic carbocycles. The fourth-order valence-corrected chi connectivity index (χ4v) is 2.51. The number of hydrogen-bond donors (Lipinski definition) is 3. The fraction of sp³-hybridized carbons (Fsp3) is 0.417. The maximum Gasteiger partial charge on any atom is 0.234 e. The minimum Gasteiger partial charge on any atom is -0.395 e. The Balaban J connectivity index is 1.95. The van der Waals surface area contributed by atoms with E-state index in [4.69, 9.17) is 5.11 Å². The summed E-state index contributed by atoms with van der Waals surface area (Å²) in [5.41, 5.74) is 2.11. The van der Waals surface area contributed by atoms with Gasteiger partial charge in [-0.3, -0.25) is 4.79 Å². The Morgan fingerprint density at radius 1 is 1.41 bits per heavy atom. The van der Waals surface area contributed by atoms with E-state index in [9.17, 15) is 4.79 Å². The van der Waals surface area contributed by atoms with E-state index in [-0.39, 0.29) is 12.5 Å². The Hall–Kier alpha value is -1.04. The van der Waals surface area contributed by atoms with Gasteiger partial charge < -0.3 is 15.7 Å². The van der Waals surface area contributed by atoms with E-state index >= 15 is 0 Å². The van der Waals surface area contributed by atoms with Gasteiger partial charge in [-0.15, -0.1) is 11.8 Å². The lowest BCUT2D eigenvalue weighted by Gasteiger charge is -2.17. The van der Waals surface area contributed by atoms with Crippen LogP contribution < -0.4 is 10.6 Å². The topological polar surface area (TPSA) is 61.4 Å². The van der Waals surface area contributed by atoms with Crippen molar-refractivity contribution in [3.63, 3.8) is 0 Å². The maximum absolute atomic E-state index is 11.3. The van der Waals surface area contributed by atoms with Crippen LogP contribution in [-0.4, -0.2) is 36.5 Å². The second kappa shape index (κ2) is 6.05. The normalized spacial score (nSPS) is 14.3. The van der Waals surface area contributed by atoms with Crippen molar-refractivity contribution >= 4 is 23.4 Å². The van der Waals surface area contributed by atoms with Crippen molar-refractivity contribution in [2.45, 2.75) is 11.3 Å². The lowest BCUT2D eigenvalue weighted by Crippen LogP contribution is -2.21. The van der Waals surface area contributed by atoms with Crippen molar-refractivity contribution < 1.29 is 9.90 Å². The van der Waals surface area contributed by atoms with Gasteiger partial charge in [0.25, 0.3) is 0 Å². The predicted molar refractivity (Wildman–Crippen MR) is 69.5 cm³/mol. The monoisotopic (exact) mass is 252 g/mol. The molecule has 0 saturated heterocycles. The van der Waals surface area contributed by atoms with Crippen LogP contribution in [0.1, 0.15) is 5.56 Å². The molecular weight excluding hydrogens is 236 g/mol. The summed E-state index contributed by atoms with van der Waals surface area (Å²) in [7, 11) is 0. The number of aliphatic hydroxyl groups excluding tert-OH is 1.